The summed E-state index contributed by atoms with van der Waals surface area (Å²) in [6.07, 6.45) is 19.6. The SMILES string of the molecule is CN[C@](O)(C=O)CCCCNC(=O)COCCOCCNC(=O)COCCOCCNC(=O)CC[C@H](NC(=O)CCCCCCCCCCCCCCCCC=O)C(=O)O. The molecule has 7 N–H and O–H groups in total. The normalized spacial score (nSPS) is 12.6. The van der Waals surface area contributed by atoms with Crippen LogP contribution in [-0.4, -0.2) is 144 Å². The van der Waals surface area contributed by atoms with Crippen molar-refractivity contribution < 1.29 is 62.7 Å². The molecule has 18 nitrogen and oxygen atoms in total. The van der Waals surface area contributed by atoms with Gasteiger partial charge in [0.15, 0.2) is 12.0 Å². The van der Waals surface area contributed by atoms with Gasteiger partial charge >= 0.3 is 5.97 Å². The summed E-state index contributed by atoms with van der Waals surface area (Å²) < 4.78 is 21.3. The summed E-state index contributed by atoms with van der Waals surface area (Å²) in [5.41, 5.74) is -1.54. The average Bonchev–Trinajstić information content (AvgIpc) is 3.23. The Hall–Kier alpha value is -3.55. The van der Waals surface area contributed by atoms with Gasteiger partial charge in [-0.2, -0.15) is 0 Å². The van der Waals surface area contributed by atoms with E-state index < -0.39 is 17.7 Å². The van der Waals surface area contributed by atoms with Crippen LogP contribution in [0.5, 0.6) is 0 Å². The van der Waals surface area contributed by atoms with E-state index in [1.165, 1.54) is 58.4 Å². The zero-order valence-corrected chi connectivity index (χ0v) is 36.2. The molecule has 0 spiro atoms. The van der Waals surface area contributed by atoms with Gasteiger partial charge in [-0.15, -0.1) is 0 Å². The fourth-order valence-electron chi connectivity index (χ4n) is 5.91. The number of hydrogen-bond acceptors (Lipinski definition) is 13. The summed E-state index contributed by atoms with van der Waals surface area (Å²) in [7, 11) is 1.49. The zero-order chi connectivity index (χ0) is 44.4. The number of likely N-dealkylation sites (N-methyl/N-ethyl adjacent to an activating group) is 1. The van der Waals surface area contributed by atoms with E-state index in [-0.39, 0.29) is 115 Å². The van der Waals surface area contributed by atoms with Gasteiger partial charge in [-0.1, -0.05) is 77.0 Å². The van der Waals surface area contributed by atoms with Gasteiger partial charge in [-0.3, -0.25) is 29.3 Å². The number of rotatable bonds is 45. The van der Waals surface area contributed by atoms with Crippen molar-refractivity contribution in [1.29, 1.82) is 0 Å². The molecule has 2 atom stereocenters. The molecule has 0 saturated heterocycles. The molecule has 60 heavy (non-hydrogen) atoms. The quantitative estimate of drug-likeness (QED) is 0.0264. The fourth-order valence-corrected chi connectivity index (χ4v) is 5.91. The lowest BCUT2D eigenvalue weighted by Gasteiger charge is -2.20. The van der Waals surface area contributed by atoms with Crippen LogP contribution in [0.4, 0.5) is 0 Å². The number of carboxylic acid groups (broad SMARTS) is 1. The Morgan fingerprint density at radius 2 is 1.02 bits per heavy atom. The van der Waals surface area contributed by atoms with Crippen LogP contribution in [0.15, 0.2) is 0 Å². The number of aldehydes is 2. The van der Waals surface area contributed by atoms with Crippen LogP contribution in [0.1, 0.15) is 135 Å². The highest BCUT2D eigenvalue weighted by atomic mass is 16.5. The van der Waals surface area contributed by atoms with Crippen LogP contribution in [0.3, 0.4) is 0 Å². The second-order valence-electron chi connectivity index (χ2n) is 14.8. The van der Waals surface area contributed by atoms with E-state index in [1.807, 2.05) is 0 Å². The van der Waals surface area contributed by atoms with Crippen molar-refractivity contribution >= 4 is 42.2 Å². The first-order valence-electron chi connectivity index (χ1n) is 22.0. The third kappa shape index (κ3) is 37.4. The highest BCUT2D eigenvalue weighted by molar-refractivity contribution is 5.84. The van der Waals surface area contributed by atoms with Crippen molar-refractivity contribution in [3.05, 3.63) is 0 Å². The van der Waals surface area contributed by atoms with Crippen molar-refractivity contribution in [3.8, 4) is 0 Å². The van der Waals surface area contributed by atoms with E-state index >= 15 is 0 Å². The van der Waals surface area contributed by atoms with Crippen LogP contribution in [0.2, 0.25) is 0 Å². The van der Waals surface area contributed by atoms with E-state index in [1.54, 1.807) is 0 Å². The Labute approximate surface area is 357 Å². The molecule has 0 aliphatic rings. The smallest absolute Gasteiger partial charge is 0.326 e. The molecule has 0 aliphatic heterocycles. The number of carbonyl (C=O) groups excluding carboxylic acids is 6. The molecule has 0 heterocycles. The Bertz CT molecular complexity index is 1150. The van der Waals surface area contributed by atoms with Crippen LogP contribution < -0.4 is 26.6 Å². The van der Waals surface area contributed by atoms with Gasteiger partial charge in [0.25, 0.3) is 0 Å². The molecular weight excluding hydrogens is 782 g/mol. The number of nitrogens with one attached hydrogen (secondary N) is 5. The highest BCUT2D eigenvalue weighted by Crippen LogP contribution is 2.14. The molecule has 348 valence electrons. The van der Waals surface area contributed by atoms with E-state index in [0.717, 1.165) is 38.4 Å². The van der Waals surface area contributed by atoms with Gasteiger partial charge in [-0.05, 0) is 45.6 Å². The predicted molar refractivity (Wildman–Crippen MR) is 225 cm³/mol. The van der Waals surface area contributed by atoms with Gasteiger partial charge in [-0.25, -0.2) is 4.79 Å². The summed E-state index contributed by atoms with van der Waals surface area (Å²) in [5.74, 6) is -2.47. The van der Waals surface area contributed by atoms with E-state index in [2.05, 4.69) is 26.6 Å². The van der Waals surface area contributed by atoms with Crippen LogP contribution in [0, 0.1) is 0 Å². The van der Waals surface area contributed by atoms with Gasteiger partial charge in [0.05, 0.1) is 39.6 Å². The third-order valence-electron chi connectivity index (χ3n) is 9.55. The number of hydrogen-bond donors (Lipinski definition) is 7. The minimum absolute atomic E-state index is 0.0227. The Morgan fingerprint density at radius 1 is 0.550 bits per heavy atom. The molecule has 0 radical (unpaired) electrons. The lowest BCUT2D eigenvalue weighted by atomic mass is 10.0. The number of unbranched alkanes of at least 4 members (excludes halogenated alkanes) is 15. The number of carbonyl (C=O) groups is 7. The molecule has 0 aliphatic carbocycles. The van der Waals surface area contributed by atoms with Gasteiger partial charge in [0.1, 0.15) is 25.5 Å². The molecule has 18 heteroatoms. The maximum atomic E-state index is 12.3. The summed E-state index contributed by atoms with van der Waals surface area (Å²) in [5, 5.41) is 32.4. The van der Waals surface area contributed by atoms with Crippen molar-refractivity contribution in [3.63, 3.8) is 0 Å². The summed E-state index contributed by atoms with van der Waals surface area (Å²) in [4.78, 5) is 81.0. The lowest BCUT2D eigenvalue weighted by molar-refractivity contribution is -0.142. The second-order valence-corrected chi connectivity index (χ2v) is 14.8. The van der Waals surface area contributed by atoms with Crippen LogP contribution in [-0.2, 0) is 52.5 Å². The van der Waals surface area contributed by atoms with Crippen LogP contribution >= 0.6 is 0 Å². The Morgan fingerprint density at radius 3 is 1.50 bits per heavy atom. The molecule has 0 bridgehead atoms. The standard InChI is InChI=1S/C42H77N5O13/c1-43-42(56,35-49)22-16-17-23-44-39(52)33-59-31-30-58-28-25-46-40(53)34-60-32-29-57-27-24-45-37(50)21-20-36(41(54)55)47-38(51)19-15-13-11-9-7-5-3-2-4-6-8-10-12-14-18-26-48/h26,35-36,43,56H,2-25,27-34H2,1H3,(H,44,52)(H,45,50)(H,46,53)(H,47,51)(H,54,55)/t36-,42+/m0/s1. The topological polar surface area (TPSA) is 257 Å². The molecule has 0 aromatic rings. The van der Waals surface area contributed by atoms with Crippen LogP contribution in [0.25, 0.3) is 0 Å². The number of amides is 4. The van der Waals surface area contributed by atoms with Gasteiger partial charge < -0.3 is 55.2 Å². The Balaban J connectivity index is 3.66. The minimum atomic E-state index is -1.54. The molecule has 0 fully saturated rings. The average molecular weight is 860 g/mol. The van der Waals surface area contributed by atoms with Crippen molar-refractivity contribution in [2.24, 2.45) is 0 Å². The van der Waals surface area contributed by atoms with Crippen molar-refractivity contribution in [2.45, 2.75) is 147 Å². The predicted octanol–water partition coefficient (Wildman–Crippen LogP) is 2.47. The summed E-state index contributed by atoms with van der Waals surface area (Å²) in [6.45, 7) is 1.82. The van der Waals surface area contributed by atoms with Gasteiger partial charge in [0.2, 0.25) is 23.6 Å². The molecular formula is C42H77N5O13. The lowest BCUT2D eigenvalue weighted by Crippen LogP contribution is -2.44. The molecule has 0 rings (SSSR count). The van der Waals surface area contributed by atoms with E-state index in [0.29, 0.717) is 38.5 Å². The highest BCUT2D eigenvalue weighted by Gasteiger charge is 2.22. The van der Waals surface area contributed by atoms with Crippen molar-refractivity contribution in [2.75, 3.05) is 79.5 Å². The molecule has 0 aromatic carbocycles. The number of carboxylic acids is 1. The van der Waals surface area contributed by atoms with Gasteiger partial charge in [0, 0.05) is 38.9 Å². The largest absolute Gasteiger partial charge is 0.480 e. The molecule has 0 unspecified atom stereocenters. The fraction of sp³-hybridized carbons (Fsp3) is 0.833. The summed E-state index contributed by atoms with van der Waals surface area (Å²) >= 11 is 0. The van der Waals surface area contributed by atoms with E-state index in [9.17, 15) is 43.8 Å². The number of ether oxygens (including phenoxy) is 4. The zero-order valence-electron chi connectivity index (χ0n) is 36.2. The summed E-state index contributed by atoms with van der Waals surface area (Å²) in [6, 6.07) is -1.14. The van der Waals surface area contributed by atoms with E-state index in [4.69, 9.17) is 18.9 Å². The second kappa shape index (κ2) is 40.8. The first-order chi connectivity index (χ1) is 29.1. The Kier molecular flexibility index (Phi) is 38.4. The first-order valence-corrected chi connectivity index (χ1v) is 22.0. The number of aliphatic hydroxyl groups is 1. The first kappa shape index (κ1) is 56.5. The maximum absolute atomic E-state index is 12.3. The molecule has 4 amide bonds. The molecule has 0 aromatic heterocycles. The molecule has 0 saturated carbocycles. The minimum Gasteiger partial charge on any atom is -0.480 e. The van der Waals surface area contributed by atoms with Crippen molar-refractivity contribution in [1.82, 2.24) is 26.6 Å². The maximum Gasteiger partial charge on any atom is 0.326 e. The third-order valence-corrected chi connectivity index (χ3v) is 9.55. The number of aliphatic carboxylic acids is 1. The monoisotopic (exact) mass is 860 g/mol.